The molecule has 2 aromatic heterocycles. The van der Waals surface area contributed by atoms with Crippen LogP contribution in [0.3, 0.4) is 0 Å². The van der Waals surface area contributed by atoms with E-state index >= 15 is 0 Å². The highest BCUT2D eigenvalue weighted by atomic mass is 16.1. The smallest absolute Gasteiger partial charge is 0.272 e. The Morgan fingerprint density at radius 3 is 3.00 bits per heavy atom. The second-order valence-electron chi connectivity index (χ2n) is 3.22. The van der Waals surface area contributed by atoms with Gasteiger partial charge in [-0.25, -0.2) is 0 Å². The summed E-state index contributed by atoms with van der Waals surface area (Å²) in [5, 5.41) is 2.77. The molecule has 0 bridgehead atoms. The zero-order valence-electron chi connectivity index (χ0n) is 8.32. The lowest BCUT2D eigenvalue weighted by Crippen LogP contribution is -2.12. The third-order valence-electron chi connectivity index (χ3n) is 2.00. The Bertz CT molecular complexity index is 462. The van der Waals surface area contributed by atoms with E-state index < -0.39 is 0 Å². The molecule has 0 aliphatic rings. The van der Waals surface area contributed by atoms with Crippen LogP contribution in [0.25, 0.3) is 0 Å². The molecule has 0 spiro atoms. The molecule has 1 amide bonds. The van der Waals surface area contributed by atoms with E-state index in [-0.39, 0.29) is 5.91 Å². The normalized spacial score (nSPS) is 9.93. The Labute approximate surface area is 87.4 Å². The molecule has 2 N–H and O–H groups in total. The molecule has 15 heavy (non-hydrogen) atoms. The molecule has 0 fully saturated rings. The predicted octanol–water partition coefficient (Wildman–Crippen LogP) is 1.97. The van der Waals surface area contributed by atoms with Gasteiger partial charge in [-0.05, 0) is 31.2 Å². The average molecular weight is 201 g/mol. The van der Waals surface area contributed by atoms with E-state index in [1.165, 1.54) is 0 Å². The Balaban J connectivity index is 2.13. The summed E-state index contributed by atoms with van der Waals surface area (Å²) in [7, 11) is 0. The van der Waals surface area contributed by atoms with Crippen molar-refractivity contribution >= 4 is 11.6 Å². The molecule has 4 nitrogen and oxygen atoms in total. The van der Waals surface area contributed by atoms with Gasteiger partial charge in [0.25, 0.3) is 5.91 Å². The SMILES string of the molecule is Cc1cc(NC(=O)c2ccc[nH]2)ccn1. The molecule has 0 radical (unpaired) electrons. The second-order valence-corrected chi connectivity index (χ2v) is 3.22. The lowest BCUT2D eigenvalue weighted by molar-refractivity contribution is 0.102. The highest BCUT2D eigenvalue weighted by molar-refractivity contribution is 6.02. The number of aromatic amines is 1. The van der Waals surface area contributed by atoms with Gasteiger partial charge in [0.2, 0.25) is 0 Å². The lowest BCUT2D eigenvalue weighted by Gasteiger charge is -2.03. The Morgan fingerprint density at radius 1 is 1.47 bits per heavy atom. The fourth-order valence-electron chi connectivity index (χ4n) is 1.29. The number of anilines is 1. The van der Waals surface area contributed by atoms with Crippen LogP contribution in [0, 0.1) is 6.92 Å². The molecular formula is C11H11N3O. The zero-order valence-corrected chi connectivity index (χ0v) is 8.32. The van der Waals surface area contributed by atoms with Crippen molar-refractivity contribution in [2.75, 3.05) is 5.32 Å². The van der Waals surface area contributed by atoms with E-state index in [9.17, 15) is 4.79 Å². The van der Waals surface area contributed by atoms with Crippen LogP contribution in [0.1, 0.15) is 16.2 Å². The van der Waals surface area contributed by atoms with Crippen LogP contribution in [0.15, 0.2) is 36.7 Å². The number of carbonyl (C=O) groups excluding carboxylic acids is 1. The van der Waals surface area contributed by atoms with Crippen molar-refractivity contribution < 1.29 is 4.79 Å². The van der Waals surface area contributed by atoms with Gasteiger partial charge in [0.15, 0.2) is 0 Å². The summed E-state index contributed by atoms with van der Waals surface area (Å²) < 4.78 is 0. The van der Waals surface area contributed by atoms with E-state index in [1.807, 2.05) is 13.0 Å². The number of hydrogen-bond acceptors (Lipinski definition) is 2. The molecule has 2 aromatic rings. The van der Waals surface area contributed by atoms with Gasteiger partial charge >= 0.3 is 0 Å². The van der Waals surface area contributed by atoms with Gasteiger partial charge in [-0.3, -0.25) is 9.78 Å². The minimum Gasteiger partial charge on any atom is -0.357 e. The van der Waals surface area contributed by atoms with E-state index in [4.69, 9.17) is 0 Å². The first-order valence-corrected chi connectivity index (χ1v) is 4.63. The number of amides is 1. The van der Waals surface area contributed by atoms with Crippen molar-refractivity contribution in [1.82, 2.24) is 9.97 Å². The van der Waals surface area contributed by atoms with Crippen LogP contribution in [0.4, 0.5) is 5.69 Å². The maximum Gasteiger partial charge on any atom is 0.272 e. The first kappa shape index (κ1) is 9.45. The monoisotopic (exact) mass is 201 g/mol. The van der Waals surface area contributed by atoms with Crippen LogP contribution in [0.2, 0.25) is 0 Å². The third kappa shape index (κ3) is 2.22. The predicted molar refractivity (Wildman–Crippen MR) is 57.7 cm³/mol. The van der Waals surface area contributed by atoms with Crippen LogP contribution in [-0.4, -0.2) is 15.9 Å². The Hall–Kier alpha value is -2.10. The summed E-state index contributed by atoms with van der Waals surface area (Å²) in [6.07, 6.45) is 3.38. The van der Waals surface area contributed by atoms with Crippen molar-refractivity contribution in [3.8, 4) is 0 Å². The molecule has 4 heteroatoms. The standard InChI is InChI=1S/C11H11N3O/c1-8-7-9(4-6-12-8)14-11(15)10-3-2-5-13-10/h2-7,13H,1H3,(H,12,14,15). The Morgan fingerprint density at radius 2 is 2.33 bits per heavy atom. The summed E-state index contributed by atoms with van der Waals surface area (Å²) in [6, 6.07) is 7.09. The number of aryl methyl sites for hydroxylation is 1. The zero-order chi connectivity index (χ0) is 10.7. The maximum absolute atomic E-state index is 11.6. The van der Waals surface area contributed by atoms with Gasteiger partial charge in [-0.15, -0.1) is 0 Å². The van der Waals surface area contributed by atoms with E-state index in [0.717, 1.165) is 11.4 Å². The largest absolute Gasteiger partial charge is 0.357 e. The highest BCUT2D eigenvalue weighted by Gasteiger charge is 2.05. The average Bonchev–Trinajstić information content (AvgIpc) is 2.70. The van der Waals surface area contributed by atoms with Crippen molar-refractivity contribution in [3.63, 3.8) is 0 Å². The Kier molecular flexibility index (Phi) is 2.49. The summed E-state index contributed by atoms with van der Waals surface area (Å²) in [5.74, 6) is -0.148. The first-order chi connectivity index (χ1) is 7.25. The first-order valence-electron chi connectivity index (χ1n) is 4.63. The lowest BCUT2D eigenvalue weighted by atomic mass is 10.3. The number of nitrogens with zero attached hydrogens (tertiary/aromatic N) is 1. The van der Waals surface area contributed by atoms with Crippen molar-refractivity contribution in [2.24, 2.45) is 0 Å². The number of nitrogens with one attached hydrogen (secondary N) is 2. The van der Waals surface area contributed by atoms with Crippen LogP contribution in [-0.2, 0) is 0 Å². The second kappa shape index (κ2) is 3.96. The van der Waals surface area contributed by atoms with Crippen LogP contribution in [0.5, 0.6) is 0 Å². The molecule has 0 aromatic carbocycles. The maximum atomic E-state index is 11.6. The molecule has 0 unspecified atom stereocenters. The van der Waals surface area contributed by atoms with E-state index in [1.54, 1.807) is 30.6 Å². The van der Waals surface area contributed by atoms with Crippen molar-refractivity contribution in [3.05, 3.63) is 48.0 Å². The molecule has 0 saturated carbocycles. The minimum atomic E-state index is -0.148. The topological polar surface area (TPSA) is 57.8 Å². The van der Waals surface area contributed by atoms with E-state index in [2.05, 4.69) is 15.3 Å². The van der Waals surface area contributed by atoms with Gasteiger partial charge < -0.3 is 10.3 Å². The van der Waals surface area contributed by atoms with Crippen molar-refractivity contribution in [2.45, 2.75) is 6.92 Å². The third-order valence-corrected chi connectivity index (χ3v) is 2.00. The minimum absolute atomic E-state index is 0.148. The van der Waals surface area contributed by atoms with Crippen LogP contribution >= 0.6 is 0 Å². The fraction of sp³-hybridized carbons (Fsp3) is 0.0909. The molecule has 0 atom stereocenters. The molecule has 2 rings (SSSR count). The van der Waals surface area contributed by atoms with Gasteiger partial charge in [0, 0.05) is 23.8 Å². The highest BCUT2D eigenvalue weighted by Crippen LogP contribution is 2.08. The molecule has 76 valence electrons. The number of rotatable bonds is 2. The van der Waals surface area contributed by atoms with Gasteiger partial charge in [0.05, 0.1) is 0 Å². The number of carbonyl (C=O) groups is 1. The number of H-pyrrole nitrogens is 1. The summed E-state index contributed by atoms with van der Waals surface area (Å²) in [6.45, 7) is 1.88. The molecule has 0 aliphatic heterocycles. The summed E-state index contributed by atoms with van der Waals surface area (Å²) >= 11 is 0. The van der Waals surface area contributed by atoms with E-state index in [0.29, 0.717) is 5.69 Å². The quantitative estimate of drug-likeness (QED) is 0.780. The van der Waals surface area contributed by atoms with Gasteiger partial charge in [-0.1, -0.05) is 0 Å². The van der Waals surface area contributed by atoms with Crippen molar-refractivity contribution in [1.29, 1.82) is 0 Å². The van der Waals surface area contributed by atoms with Crippen LogP contribution < -0.4 is 5.32 Å². The summed E-state index contributed by atoms with van der Waals surface area (Å²) in [5.41, 5.74) is 2.17. The summed E-state index contributed by atoms with van der Waals surface area (Å²) in [4.78, 5) is 18.5. The van der Waals surface area contributed by atoms with Gasteiger partial charge in [-0.2, -0.15) is 0 Å². The molecular weight excluding hydrogens is 190 g/mol. The molecule has 0 aliphatic carbocycles. The number of aromatic nitrogens is 2. The fourth-order valence-corrected chi connectivity index (χ4v) is 1.29. The number of pyridine rings is 1. The molecule has 0 saturated heterocycles. The number of hydrogen-bond donors (Lipinski definition) is 2. The molecule has 2 heterocycles. The van der Waals surface area contributed by atoms with Gasteiger partial charge in [0.1, 0.15) is 5.69 Å².